The smallest absolute Gasteiger partial charge is 0.332 e. The topological polar surface area (TPSA) is 49.9 Å². The van der Waals surface area contributed by atoms with E-state index in [0.29, 0.717) is 12.8 Å². The van der Waals surface area contributed by atoms with Gasteiger partial charge < -0.3 is 4.74 Å². The van der Waals surface area contributed by atoms with E-state index in [4.69, 9.17) is 4.74 Å². The van der Waals surface area contributed by atoms with Gasteiger partial charge in [0.25, 0.3) is 0 Å². The molecule has 2 aromatic rings. The Hall–Kier alpha value is -2.66. The average Bonchev–Trinajstić information content (AvgIpc) is 2.80. The normalized spacial score (nSPS) is 17.2. The van der Waals surface area contributed by atoms with Gasteiger partial charge in [0.05, 0.1) is 7.11 Å². The Morgan fingerprint density at radius 1 is 1.03 bits per heavy atom. The summed E-state index contributed by atoms with van der Waals surface area (Å²) in [5.74, 6) is -0.526. The molecule has 0 bridgehead atoms. The zero-order valence-electron chi connectivity index (χ0n) is 18.2. The van der Waals surface area contributed by atoms with Crippen LogP contribution in [0.4, 0.5) is 5.69 Å². The minimum atomic E-state index is -0.982. The second-order valence-corrected chi connectivity index (χ2v) is 8.10. The molecule has 1 fully saturated rings. The lowest BCUT2D eigenvalue weighted by Crippen LogP contribution is -2.63. The molecule has 0 spiro atoms. The van der Waals surface area contributed by atoms with Gasteiger partial charge in [-0.05, 0) is 37.0 Å². The van der Waals surface area contributed by atoms with E-state index in [1.165, 1.54) is 12.7 Å². The Morgan fingerprint density at radius 3 is 2.13 bits per heavy atom. The van der Waals surface area contributed by atoms with Gasteiger partial charge in [-0.15, -0.1) is 0 Å². The van der Waals surface area contributed by atoms with Crippen LogP contribution in [-0.4, -0.2) is 42.5 Å². The van der Waals surface area contributed by atoms with Crippen LogP contribution in [0.15, 0.2) is 60.7 Å². The van der Waals surface area contributed by atoms with Crippen molar-refractivity contribution in [1.82, 2.24) is 4.90 Å². The van der Waals surface area contributed by atoms with Crippen LogP contribution >= 0.6 is 0 Å². The van der Waals surface area contributed by atoms with Crippen LogP contribution < -0.4 is 4.90 Å². The van der Waals surface area contributed by atoms with Crippen LogP contribution in [0.2, 0.25) is 0 Å². The highest BCUT2D eigenvalue weighted by atomic mass is 16.5. The van der Waals surface area contributed by atoms with Gasteiger partial charge in [-0.3, -0.25) is 14.6 Å². The molecular weight excluding hydrogens is 376 g/mol. The highest BCUT2D eigenvalue weighted by Gasteiger charge is 2.50. The molecule has 0 aliphatic carbocycles. The Kier molecular flexibility index (Phi) is 7.27. The average molecular weight is 409 g/mol. The van der Waals surface area contributed by atoms with Gasteiger partial charge in [0.1, 0.15) is 5.54 Å². The number of likely N-dealkylation sites (tertiary alicyclic amines) is 1. The fourth-order valence-electron chi connectivity index (χ4n) is 4.19. The minimum absolute atomic E-state index is 0.0226. The number of ether oxygens (including phenoxy) is 1. The molecule has 5 heteroatoms. The quantitative estimate of drug-likeness (QED) is 0.642. The maximum absolute atomic E-state index is 13.5. The van der Waals surface area contributed by atoms with Crippen molar-refractivity contribution in [3.63, 3.8) is 0 Å². The molecule has 5 nitrogen and oxygen atoms in total. The van der Waals surface area contributed by atoms with Gasteiger partial charge in [0, 0.05) is 31.2 Å². The number of amides is 1. The summed E-state index contributed by atoms with van der Waals surface area (Å²) in [5.41, 5.74) is 1.02. The van der Waals surface area contributed by atoms with Crippen molar-refractivity contribution < 1.29 is 14.3 Å². The van der Waals surface area contributed by atoms with Crippen LogP contribution in [0.5, 0.6) is 0 Å². The molecule has 2 aromatic carbocycles. The summed E-state index contributed by atoms with van der Waals surface area (Å²) in [6.07, 6.45) is 1.81. The van der Waals surface area contributed by atoms with Crippen LogP contribution in [0, 0.1) is 5.92 Å². The fraction of sp³-hybridized carbons (Fsp3) is 0.440. The van der Waals surface area contributed by atoms with E-state index in [1.807, 2.05) is 62.4 Å². The number of hydrogen-bond acceptors (Lipinski definition) is 4. The number of benzene rings is 2. The van der Waals surface area contributed by atoms with E-state index >= 15 is 0 Å². The highest BCUT2D eigenvalue weighted by Crippen LogP contribution is 2.36. The minimum Gasteiger partial charge on any atom is -0.467 e. The summed E-state index contributed by atoms with van der Waals surface area (Å²) in [5, 5.41) is 0. The summed E-state index contributed by atoms with van der Waals surface area (Å²) in [6, 6.07) is 19.9. The number of para-hydroxylation sites is 1. The van der Waals surface area contributed by atoms with Crippen LogP contribution in [0.1, 0.15) is 38.7 Å². The number of carbonyl (C=O) groups is 2. The standard InChI is InChI=1S/C25H32N2O3/c1-4-20(2)23(28)27(22-13-9-6-10-14-22)25(24(29)30-3)15-17-26(18-16-25)19-21-11-7-5-8-12-21/h5-14,20H,4,15-19H2,1-3H3. The first kappa shape index (κ1) is 22.0. The number of anilines is 1. The van der Waals surface area contributed by atoms with Gasteiger partial charge in [-0.2, -0.15) is 0 Å². The van der Waals surface area contributed by atoms with Crippen molar-refractivity contribution in [1.29, 1.82) is 0 Å². The Morgan fingerprint density at radius 2 is 1.60 bits per heavy atom. The predicted octanol–water partition coefficient (Wildman–Crippen LogP) is 4.27. The van der Waals surface area contributed by atoms with Gasteiger partial charge in [0.15, 0.2) is 0 Å². The first-order valence-corrected chi connectivity index (χ1v) is 10.8. The molecule has 160 valence electrons. The third-order valence-electron chi connectivity index (χ3n) is 6.19. The molecule has 3 rings (SSSR count). The molecular formula is C25H32N2O3. The molecule has 0 N–H and O–H groups in total. The molecule has 1 saturated heterocycles. The van der Waals surface area contributed by atoms with Gasteiger partial charge in [0.2, 0.25) is 5.91 Å². The molecule has 1 amide bonds. The lowest BCUT2D eigenvalue weighted by molar-refractivity contribution is -0.151. The maximum atomic E-state index is 13.5. The predicted molar refractivity (Wildman–Crippen MR) is 119 cm³/mol. The van der Waals surface area contributed by atoms with Crippen molar-refractivity contribution in [2.24, 2.45) is 5.92 Å². The third kappa shape index (κ3) is 4.57. The molecule has 1 atom stereocenters. The van der Waals surface area contributed by atoms with Gasteiger partial charge in [-0.25, -0.2) is 4.79 Å². The summed E-state index contributed by atoms with van der Waals surface area (Å²) in [4.78, 5) is 30.7. The van der Waals surface area contributed by atoms with Crippen LogP contribution in [-0.2, 0) is 20.9 Å². The van der Waals surface area contributed by atoms with Crippen molar-refractivity contribution in [2.75, 3.05) is 25.1 Å². The monoisotopic (exact) mass is 408 g/mol. The molecule has 1 unspecified atom stereocenters. The van der Waals surface area contributed by atoms with E-state index in [9.17, 15) is 9.59 Å². The highest BCUT2D eigenvalue weighted by molar-refractivity contribution is 6.03. The Bertz CT molecular complexity index is 830. The third-order valence-corrected chi connectivity index (χ3v) is 6.19. The molecule has 0 radical (unpaired) electrons. The second-order valence-electron chi connectivity index (χ2n) is 8.10. The zero-order chi connectivity index (χ0) is 21.6. The van der Waals surface area contributed by atoms with E-state index < -0.39 is 5.54 Å². The van der Waals surface area contributed by atoms with Crippen molar-refractivity contribution in [3.05, 3.63) is 66.2 Å². The van der Waals surface area contributed by atoms with E-state index in [0.717, 1.165) is 31.7 Å². The number of carbonyl (C=O) groups excluding carboxylic acids is 2. The summed E-state index contributed by atoms with van der Waals surface area (Å²) < 4.78 is 5.26. The van der Waals surface area contributed by atoms with Crippen molar-refractivity contribution >= 4 is 17.6 Å². The van der Waals surface area contributed by atoms with Crippen molar-refractivity contribution in [2.45, 2.75) is 45.2 Å². The van der Waals surface area contributed by atoms with Crippen molar-refractivity contribution in [3.8, 4) is 0 Å². The summed E-state index contributed by atoms with van der Waals surface area (Å²) >= 11 is 0. The van der Waals surface area contributed by atoms with Gasteiger partial charge >= 0.3 is 5.97 Å². The first-order chi connectivity index (χ1) is 14.5. The van der Waals surface area contributed by atoms with Crippen LogP contribution in [0.3, 0.4) is 0 Å². The van der Waals surface area contributed by atoms with Gasteiger partial charge in [-0.1, -0.05) is 62.4 Å². The first-order valence-electron chi connectivity index (χ1n) is 10.8. The molecule has 1 aliphatic heterocycles. The summed E-state index contributed by atoms with van der Waals surface area (Å²) in [6.45, 7) is 6.21. The molecule has 1 aliphatic rings. The number of esters is 1. The number of hydrogen-bond donors (Lipinski definition) is 0. The summed E-state index contributed by atoms with van der Waals surface area (Å²) in [7, 11) is 1.41. The Labute approximate surface area is 179 Å². The van der Waals surface area contributed by atoms with E-state index in [-0.39, 0.29) is 17.8 Å². The molecule has 1 heterocycles. The largest absolute Gasteiger partial charge is 0.467 e. The number of methoxy groups -OCH3 is 1. The lowest BCUT2D eigenvalue weighted by Gasteiger charge is -2.47. The molecule has 30 heavy (non-hydrogen) atoms. The number of piperidine rings is 1. The zero-order valence-corrected chi connectivity index (χ0v) is 18.2. The van der Waals surface area contributed by atoms with Crippen LogP contribution in [0.25, 0.3) is 0 Å². The second kappa shape index (κ2) is 9.90. The maximum Gasteiger partial charge on any atom is 0.332 e. The molecule has 0 aromatic heterocycles. The SMILES string of the molecule is CCC(C)C(=O)N(c1ccccc1)C1(C(=O)OC)CCN(Cc2ccccc2)CC1. The Balaban J connectivity index is 1.91. The molecule has 0 saturated carbocycles. The van der Waals surface area contributed by atoms with E-state index in [1.54, 1.807) is 4.90 Å². The lowest BCUT2D eigenvalue weighted by atomic mass is 9.83. The fourth-order valence-corrected chi connectivity index (χ4v) is 4.19. The number of nitrogens with zero attached hydrogens (tertiary/aromatic N) is 2. The van der Waals surface area contributed by atoms with E-state index in [2.05, 4.69) is 17.0 Å². The number of rotatable bonds is 7.